The molecule has 0 radical (unpaired) electrons. The number of unbranched alkanes of at least 4 members (excludes halogenated alkanes) is 3. The minimum atomic E-state index is -0.792. The molecule has 0 aliphatic carbocycles. The molecule has 1 N–H and O–H groups in total. The van der Waals surface area contributed by atoms with Crippen molar-refractivity contribution in [1.29, 1.82) is 0 Å². The highest BCUT2D eigenvalue weighted by Crippen LogP contribution is 2.65. The van der Waals surface area contributed by atoms with Crippen molar-refractivity contribution >= 4 is 29.5 Å². The topological polar surface area (TPSA) is 81.2 Å². The van der Waals surface area contributed by atoms with Gasteiger partial charge in [-0.2, -0.15) is 0 Å². The maximum atomic E-state index is 14.4. The molecule has 0 bridgehead atoms. The summed E-state index contributed by atoms with van der Waals surface area (Å²) in [6.07, 6.45) is 12.5. The number of fused-ring (bicyclic) bond motifs is 2. The minimum absolute atomic E-state index is 0.0295. The zero-order chi connectivity index (χ0) is 27.6. The van der Waals surface area contributed by atoms with Crippen LogP contribution in [0.25, 0.3) is 0 Å². The minimum Gasteiger partial charge on any atom is -0.396 e. The second-order valence-corrected chi connectivity index (χ2v) is 13.3. The molecule has 1 unspecified atom stereocenters. The normalized spacial score (nSPS) is 31.8. The summed E-state index contributed by atoms with van der Waals surface area (Å²) in [5, 5.41) is 9.17. The molecule has 210 valence electrons. The Bertz CT molecular complexity index is 1140. The van der Waals surface area contributed by atoms with E-state index in [1.54, 1.807) is 16.7 Å². The van der Waals surface area contributed by atoms with Gasteiger partial charge in [0.05, 0.1) is 16.6 Å². The fourth-order valence-electron chi connectivity index (χ4n) is 7.02. The molecule has 3 amide bonds. The molecule has 7 nitrogen and oxygen atoms in total. The third-order valence-corrected chi connectivity index (χ3v) is 10.5. The number of carbonyl (C=O) groups excluding carboxylic acids is 3. The number of aliphatic hydroxyl groups is 1. The maximum absolute atomic E-state index is 14.4. The Morgan fingerprint density at radius 1 is 0.872 bits per heavy atom. The summed E-state index contributed by atoms with van der Waals surface area (Å²) in [5.74, 6) is -1.17. The van der Waals surface area contributed by atoms with Gasteiger partial charge in [-0.3, -0.25) is 14.4 Å². The van der Waals surface area contributed by atoms with Gasteiger partial charge in [0.1, 0.15) is 6.04 Å². The smallest absolute Gasteiger partial charge is 0.247 e. The lowest BCUT2D eigenvalue weighted by Crippen LogP contribution is -2.53. The van der Waals surface area contributed by atoms with E-state index < -0.39 is 27.4 Å². The summed E-state index contributed by atoms with van der Waals surface area (Å²) in [7, 11) is 0. The molecule has 2 fully saturated rings. The third-order valence-electron chi connectivity index (χ3n) is 8.74. The van der Waals surface area contributed by atoms with Crippen molar-refractivity contribution in [3.05, 3.63) is 60.2 Å². The molecular weight excluding hydrogens is 510 g/mol. The lowest BCUT2D eigenvalue weighted by molar-refractivity contribution is -0.145. The molecule has 5 atom stereocenters. The van der Waals surface area contributed by atoms with E-state index in [2.05, 4.69) is 32.1 Å². The Kier molecular flexibility index (Phi) is 8.24. The van der Waals surface area contributed by atoms with Crippen LogP contribution in [-0.2, 0) is 20.9 Å². The summed E-state index contributed by atoms with van der Waals surface area (Å²) in [4.78, 5) is 48.4. The zero-order valence-corrected chi connectivity index (χ0v) is 23.9. The zero-order valence-electron chi connectivity index (χ0n) is 23.1. The number of benzene rings is 1. The number of nitrogens with zero attached hydrogens (tertiary/aromatic N) is 3. The number of hydrogen-bond acceptors (Lipinski definition) is 5. The van der Waals surface area contributed by atoms with Gasteiger partial charge in [-0.1, -0.05) is 74.4 Å². The van der Waals surface area contributed by atoms with Crippen molar-refractivity contribution in [1.82, 2.24) is 14.7 Å². The van der Waals surface area contributed by atoms with E-state index in [1.807, 2.05) is 46.2 Å². The van der Waals surface area contributed by atoms with Crippen LogP contribution >= 0.6 is 11.8 Å². The lowest BCUT2D eigenvalue weighted by atomic mass is 9.74. The first-order valence-electron chi connectivity index (χ1n) is 14.4. The monoisotopic (exact) mass is 551 g/mol. The van der Waals surface area contributed by atoms with Crippen molar-refractivity contribution in [3.63, 3.8) is 0 Å². The Hall–Kier alpha value is -2.58. The van der Waals surface area contributed by atoms with Crippen LogP contribution < -0.4 is 0 Å². The van der Waals surface area contributed by atoms with E-state index in [4.69, 9.17) is 0 Å². The molecule has 4 aliphatic heterocycles. The van der Waals surface area contributed by atoms with Gasteiger partial charge < -0.3 is 19.8 Å². The molecule has 5 rings (SSSR count). The van der Waals surface area contributed by atoms with Crippen LogP contribution in [-0.4, -0.2) is 85.8 Å². The van der Waals surface area contributed by atoms with Gasteiger partial charge in [-0.05, 0) is 31.7 Å². The van der Waals surface area contributed by atoms with E-state index in [1.165, 1.54) is 0 Å². The average Bonchev–Trinajstić information content (AvgIpc) is 3.20. The van der Waals surface area contributed by atoms with Gasteiger partial charge in [-0.25, -0.2) is 0 Å². The number of amides is 3. The SMILES string of the molecule is CCCN1CC=C[C@]2(C)S[C@]34C=CCN(Cc5ccccc5)C(=O)C3N(CCCCCCO)C(=O)[C@@H]4[C@@H]2C1=O. The molecule has 1 spiro atoms. The standard InChI is InChI=1S/C31H41N3O4S/c1-3-17-32-18-11-15-30(2)24(27(32)36)25-28(37)34(20-9-4-5-10-21-35)26-29(38)33(19-12-16-31(25,26)39-30)22-23-13-7-6-8-14-23/h6-8,11-16,24-26,35H,3-5,9-10,17-22H2,1-2H3/t24-,25+,26?,30+,31+/m1/s1. The summed E-state index contributed by atoms with van der Waals surface area (Å²) in [5.41, 5.74) is 1.05. The Balaban J connectivity index is 1.52. The number of likely N-dealkylation sites (tertiary alicyclic amines) is 1. The van der Waals surface area contributed by atoms with Gasteiger partial charge in [0.2, 0.25) is 17.7 Å². The number of hydrogen-bond donors (Lipinski definition) is 1. The maximum Gasteiger partial charge on any atom is 0.247 e. The van der Waals surface area contributed by atoms with Crippen LogP contribution in [0.5, 0.6) is 0 Å². The molecule has 8 heteroatoms. The van der Waals surface area contributed by atoms with Crippen molar-refractivity contribution in [3.8, 4) is 0 Å². The summed E-state index contributed by atoms with van der Waals surface area (Å²) in [6, 6.07) is 9.31. The van der Waals surface area contributed by atoms with Crippen molar-refractivity contribution in [2.24, 2.45) is 11.8 Å². The highest BCUT2D eigenvalue weighted by Gasteiger charge is 2.73. The quantitative estimate of drug-likeness (QED) is 0.355. The average molecular weight is 552 g/mol. The molecule has 4 heterocycles. The van der Waals surface area contributed by atoms with Crippen LogP contribution in [0, 0.1) is 11.8 Å². The first-order chi connectivity index (χ1) is 18.9. The molecule has 0 aromatic heterocycles. The van der Waals surface area contributed by atoms with Gasteiger partial charge in [0.15, 0.2) is 0 Å². The first-order valence-corrected chi connectivity index (χ1v) is 15.3. The molecule has 2 saturated heterocycles. The molecule has 39 heavy (non-hydrogen) atoms. The van der Waals surface area contributed by atoms with Crippen LogP contribution in [0.15, 0.2) is 54.6 Å². The van der Waals surface area contributed by atoms with Crippen LogP contribution in [0.2, 0.25) is 0 Å². The van der Waals surface area contributed by atoms with E-state index in [0.717, 1.165) is 37.7 Å². The van der Waals surface area contributed by atoms with Crippen molar-refractivity contribution < 1.29 is 19.5 Å². The van der Waals surface area contributed by atoms with Crippen LogP contribution in [0.4, 0.5) is 0 Å². The number of thioether (sulfide) groups is 1. The molecule has 1 aromatic rings. The number of aliphatic hydroxyl groups excluding tert-OH is 1. The Morgan fingerprint density at radius 3 is 2.33 bits per heavy atom. The van der Waals surface area contributed by atoms with Gasteiger partial charge >= 0.3 is 0 Å². The van der Waals surface area contributed by atoms with Gasteiger partial charge in [-0.15, -0.1) is 11.8 Å². The molecule has 0 saturated carbocycles. The summed E-state index contributed by atoms with van der Waals surface area (Å²) < 4.78 is -1.36. The molecule has 4 aliphatic rings. The van der Waals surface area contributed by atoms with Crippen molar-refractivity contribution in [2.45, 2.75) is 68.0 Å². The largest absolute Gasteiger partial charge is 0.396 e. The van der Waals surface area contributed by atoms with E-state index in [-0.39, 0.29) is 24.3 Å². The summed E-state index contributed by atoms with van der Waals surface area (Å²) in [6.45, 7) is 6.96. The molecule has 1 aromatic carbocycles. The number of carbonyl (C=O) groups is 3. The summed E-state index contributed by atoms with van der Waals surface area (Å²) >= 11 is 1.65. The highest BCUT2D eigenvalue weighted by molar-refractivity contribution is 8.02. The van der Waals surface area contributed by atoms with Crippen LogP contribution in [0.1, 0.15) is 51.5 Å². The predicted octanol–water partition coefficient (Wildman–Crippen LogP) is 3.63. The predicted molar refractivity (Wildman–Crippen MR) is 154 cm³/mol. The first kappa shape index (κ1) is 28.0. The number of rotatable bonds is 10. The fraction of sp³-hybridized carbons (Fsp3) is 0.581. The van der Waals surface area contributed by atoms with E-state index in [9.17, 15) is 19.5 Å². The lowest BCUT2D eigenvalue weighted by Gasteiger charge is -2.37. The second kappa shape index (κ2) is 11.5. The van der Waals surface area contributed by atoms with Crippen LogP contribution in [0.3, 0.4) is 0 Å². The Labute approximate surface area is 236 Å². The van der Waals surface area contributed by atoms with Gasteiger partial charge in [0, 0.05) is 44.1 Å². The third kappa shape index (κ3) is 4.95. The second-order valence-electron chi connectivity index (χ2n) is 11.5. The van der Waals surface area contributed by atoms with Gasteiger partial charge in [0.25, 0.3) is 0 Å². The molecular formula is C31H41N3O4S. The van der Waals surface area contributed by atoms with E-state index in [0.29, 0.717) is 32.7 Å². The Morgan fingerprint density at radius 2 is 1.59 bits per heavy atom. The highest BCUT2D eigenvalue weighted by atomic mass is 32.2. The van der Waals surface area contributed by atoms with Crippen molar-refractivity contribution in [2.75, 3.05) is 32.8 Å². The fourth-order valence-corrected chi connectivity index (χ4v) is 9.18. The van der Waals surface area contributed by atoms with E-state index >= 15 is 0 Å².